The number of carboxylic acid groups (broad SMARTS) is 1. The molecule has 7 nitrogen and oxygen atoms in total. The third-order valence-electron chi connectivity index (χ3n) is 3.92. The van der Waals surface area contributed by atoms with Gasteiger partial charge in [-0.3, -0.25) is 9.59 Å². The summed E-state index contributed by atoms with van der Waals surface area (Å²) in [7, 11) is 0. The van der Waals surface area contributed by atoms with E-state index in [4.69, 9.17) is 5.11 Å². The second-order valence-corrected chi connectivity index (χ2v) is 5.86. The van der Waals surface area contributed by atoms with E-state index in [1.54, 1.807) is 18.2 Å². The third kappa shape index (κ3) is 4.66. The lowest BCUT2D eigenvalue weighted by Crippen LogP contribution is -2.33. The number of carbonyl (C=O) groups excluding carboxylic acids is 1. The summed E-state index contributed by atoms with van der Waals surface area (Å²) < 4.78 is 1.12. The first-order valence-corrected chi connectivity index (χ1v) is 8.25. The molecule has 0 bridgehead atoms. The number of nitrogens with zero attached hydrogens (tertiary/aromatic N) is 2. The van der Waals surface area contributed by atoms with Gasteiger partial charge in [-0.1, -0.05) is 42.5 Å². The number of nitrogens with one attached hydrogen (secondary N) is 1. The summed E-state index contributed by atoms with van der Waals surface area (Å²) in [6, 6.07) is 18.6. The van der Waals surface area contributed by atoms with E-state index >= 15 is 0 Å². The fourth-order valence-corrected chi connectivity index (χ4v) is 2.48. The van der Waals surface area contributed by atoms with Crippen molar-refractivity contribution < 1.29 is 14.7 Å². The van der Waals surface area contributed by atoms with Gasteiger partial charge in [-0.15, -0.1) is 0 Å². The number of amides is 1. The fourth-order valence-electron chi connectivity index (χ4n) is 2.48. The Morgan fingerprint density at radius 2 is 1.67 bits per heavy atom. The molecule has 3 rings (SSSR count). The average molecular weight is 363 g/mol. The van der Waals surface area contributed by atoms with Crippen molar-refractivity contribution in [3.63, 3.8) is 0 Å². The minimum absolute atomic E-state index is 0.179. The zero-order valence-corrected chi connectivity index (χ0v) is 14.3. The molecule has 0 aliphatic heterocycles. The Morgan fingerprint density at radius 3 is 2.33 bits per heavy atom. The summed E-state index contributed by atoms with van der Waals surface area (Å²) in [6.07, 6.45) is 0. The van der Waals surface area contributed by atoms with Crippen molar-refractivity contribution in [1.82, 2.24) is 15.1 Å². The van der Waals surface area contributed by atoms with Crippen molar-refractivity contribution in [1.29, 1.82) is 0 Å². The monoisotopic (exact) mass is 363 g/mol. The molecule has 0 aliphatic rings. The smallest absolute Gasteiger partial charge is 0.335 e. The molecule has 0 fully saturated rings. The summed E-state index contributed by atoms with van der Waals surface area (Å²) in [5.74, 6) is -1.37. The fraction of sp³-hybridized carbons (Fsp3) is 0.100. The van der Waals surface area contributed by atoms with Crippen LogP contribution in [0.4, 0.5) is 0 Å². The molecular formula is C20H17N3O4. The molecule has 0 radical (unpaired) electrons. The van der Waals surface area contributed by atoms with Crippen molar-refractivity contribution in [2.24, 2.45) is 0 Å². The van der Waals surface area contributed by atoms with Crippen LogP contribution >= 0.6 is 0 Å². The molecular weight excluding hydrogens is 346 g/mol. The Bertz CT molecular complexity index is 1010. The molecule has 0 aliphatic carbocycles. The predicted octanol–water partition coefficient (Wildman–Crippen LogP) is 1.92. The summed E-state index contributed by atoms with van der Waals surface area (Å²) in [5.41, 5.74) is 2.03. The van der Waals surface area contributed by atoms with Crippen LogP contribution in [-0.4, -0.2) is 26.8 Å². The topological polar surface area (TPSA) is 101 Å². The van der Waals surface area contributed by atoms with Crippen molar-refractivity contribution in [2.75, 3.05) is 0 Å². The Balaban J connectivity index is 1.65. The highest BCUT2D eigenvalue weighted by molar-refractivity contribution is 5.87. The van der Waals surface area contributed by atoms with Gasteiger partial charge in [0.1, 0.15) is 6.54 Å². The van der Waals surface area contributed by atoms with Gasteiger partial charge in [-0.2, -0.15) is 5.10 Å². The minimum atomic E-state index is -1.01. The number of carboxylic acids is 1. The van der Waals surface area contributed by atoms with E-state index in [9.17, 15) is 14.4 Å². The Morgan fingerprint density at radius 1 is 0.963 bits per heavy atom. The highest BCUT2D eigenvalue weighted by Gasteiger charge is 2.08. The quantitative estimate of drug-likeness (QED) is 0.697. The van der Waals surface area contributed by atoms with Gasteiger partial charge in [0.2, 0.25) is 5.91 Å². The van der Waals surface area contributed by atoms with Gasteiger partial charge < -0.3 is 10.4 Å². The van der Waals surface area contributed by atoms with Crippen LogP contribution in [0.2, 0.25) is 0 Å². The van der Waals surface area contributed by atoms with Gasteiger partial charge in [-0.05, 0) is 23.8 Å². The predicted molar refractivity (Wildman–Crippen MR) is 99.2 cm³/mol. The van der Waals surface area contributed by atoms with Crippen LogP contribution in [0.15, 0.2) is 71.5 Å². The first-order valence-electron chi connectivity index (χ1n) is 8.25. The number of hydrogen-bond donors (Lipinski definition) is 2. The molecule has 0 spiro atoms. The standard InChI is InChI=1S/C20H17N3O4/c24-18(21-12-14-6-8-16(9-7-14)20(26)27)13-23-19(25)11-10-17(22-23)15-4-2-1-3-5-15/h1-11H,12-13H2,(H,21,24)(H,26,27). The second kappa shape index (κ2) is 8.09. The molecule has 3 aromatic rings. The maximum Gasteiger partial charge on any atom is 0.335 e. The van der Waals surface area contributed by atoms with Crippen LogP contribution in [0.3, 0.4) is 0 Å². The SMILES string of the molecule is O=C(Cn1nc(-c2ccccc2)ccc1=O)NCc1ccc(C(=O)O)cc1. The van der Waals surface area contributed by atoms with Crippen LogP contribution in [-0.2, 0) is 17.9 Å². The van der Waals surface area contributed by atoms with E-state index in [0.717, 1.165) is 15.8 Å². The highest BCUT2D eigenvalue weighted by Crippen LogP contribution is 2.13. The van der Waals surface area contributed by atoms with E-state index in [1.165, 1.54) is 18.2 Å². The summed E-state index contributed by atoms with van der Waals surface area (Å²) in [6.45, 7) is 0.0264. The van der Waals surface area contributed by atoms with Crippen LogP contribution in [0.5, 0.6) is 0 Å². The maximum atomic E-state index is 12.2. The number of hydrogen-bond acceptors (Lipinski definition) is 4. The van der Waals surface area contributed by atoms with Gasteiger partial charge in [-0.25, -0.2) is 9.48 Å². The Kier molecular flexibility index (Phi) is 5.41. The molecule has 0 unspecified atom stereocenters. The largest absolute Gasteiger partial charge is 0.478 e. The first kappa shape index (κ1) is 18.1. The van der Waals surface area contributed by atoms with Crippen molar-refractivity contribution in [3.8, 4) is 11.3 Å². The molecule has 1 amide bonds. The van der Waals surface area contributed by atoms with Crippen LogP contribution in [0.25, 0.3) is 11.3 Å². The number of benzene rings is 2. The molecule has 1 aromatic heterocycles. The average Bonchev–Trinajstić information content (AvgIpc) is 2.69. The highest BCUT2D eigenvalue weighted by atomic mass is 16.4. The first-order chi connectivity index (χ1) is 13.0. The molecule has 0 atom stereocenters. The lowest BCUT2D eigenvalue weighted by molar-refractivity contribution is -0.122. The van der Waals surface area contributed by atoms with E-state index in [1.807, 2.05) is 30.3 Å². The zero-order valence-electron chi connectivity index (χ0n) is 14.3. The lowest BCUT2D eigenvalue weighted by Gasteiger charge is -2.08. The molecule has 136 valence electrons. The minimum Gasteiger partial charge on any atom is -0.478 e. The van der Waals surface area contributed by atoms with E-state index in [-0.39, 0.29) is 30.1 Å². The molecule has 0 saturated carbocycles. The van der Waals surface area contributed by atoms with Crippen LogP contribution < -0.4 is 10.9 Å². The molecule has 2 N–H and O–H groups in total. The normalized spacial score (nSPS) is 10.4. The summed E-state index contributed by atoms with van der Waals surface area (Å²) in [5, 5.41) is 15.8. The van der Waals surface area contributed by atoms with Gasteiger partial charge in [0.25, 0.3) is 5.56 Å². The molecule has 1 heterocycles. The van der Waals surface area contributed by atoms with Gasteiger partial charge in [0.05, 0.1) is 11.3 Å². The summed E-state index contributed by atoms with van der Waals surface area (Å²) >= 11 is 0. The van der Waals surface area contributed by atoms with E-state index < -0.39 is 5.97 Å². The number of carbonyl (C=O) groups is 2. The molecule has 2 aromatic carbocycles. The molecule has 7 heteroatoms. The second-order valence-electron chi connectivity index (χ2n) is 5.86. The van der Waals surface area contributed by atoms with Gasteiger partial charge in [0.15, 0.2) is 0 Å². The van der Waals surface area contributed by atoms with Crippen molar-refractivity contribution in [3.05, 3.63) is 88.2 Å². The zero-order chi connectivity index (χ0) is 19.2. The van der Waals surface area contributed by atoms with E-state index in [0.29, 0.717) is 5.69 Å². The number of aromatic nitrogens is 2. The molecule has 27 heavy (non-hydrogen) atoms. The van der Waals surface area contributed by atoms with Crippen LogP contribution in [0, 0.1) is 0 Å². The van der Waals surface area contributed by atoms with Gasteiger partial charge >= 0.3 is 5.97 Å². The van der Waals surface area contributed by atoms with Crippen LogP contribution in [0.1, 0.15) is 15.9 Å². The van der Waals surface area contributed by atoms with Gasteiger partial charge in [0, 0.05) is 18.2 Å². The van der Waals surface area contributed by atoms with Crippen molar-refractivity contribution in [2.45, 2.75) is 13.1 Å². The third-order valence-corrected chi connectivity index (χ3v) is 3.92. The number of rotatable bonds is 6. The van der Waals surface area contributed by atoms with Crippen molar-refractivity contribution >= 4 is 11.9 Å². The summed E-state index contributed by atoms with van der Waals surface area (Å²) in [4.78, 5) is 35.0. The van der Waals surface area contributed by atoms with E-state index in [2.05, 4.69) is 10.4 Å². The molecule has 0 saturated heterocycles. The maximum absolute atomic E-state index is 12.2. The lowest BCUT2D eigenvalue weighted by atomic mass is 10.1. The Hall–Kier alpha value is -3.74. The number of aromatic carboxylic acids is 1. The Labute approximate surface area is 154 Å².